The molecule has 2 rings (SSSR count). The fourth-order valence-electron chi connectivity index (χ4n) is 1.48. The van der Waals surface area contributed by atoms with Gasteiger partial charge in [-0.05, 0) is 13.0 Å². The van der Waals surface area contributed by atoms with Crippen LogP contribution in [0.4, 0.5) is 8.78 Å². The molecule has 2 aromatic heterocycles. The van der Waals surface area contributed by atoms with Crippen molar-refractivity contribution in [2.75, 3.05) is 0 Å². The van der Waals surface area contributed by atoms with Gasteiger partial charge in [-0.25, -0.2) is 13.8 Å². The first-order chi connectivity index (χ1) is 9.47. The van der Waals surface area contributed by atoms with Crippen LogP contribution in [0, 0.1) is 11.6 Å². The molecule has 7 heteroatoms. The maximum atomic E-state index is 13.8. The lowest BCUT2D eigenvalue weighted by atomic mass is 10.1. The Kier molecular flexibility index (Phi) is 3.88. The highest BCUT2D eigenvalue weighted by molar-refractivity contribution is 5.80. The number of carbonyl (C=O) groups excluding carboxylic acids is 1. The number of carbonyl (C=O) groups is 1. The summed E-state index contributed by atoms with van der Waals surface area (Å²) in [5.74, 6) is -2.55. The van der Waals surface area contributed by atoms with E-state index in [4.69, 9.17) is 10.5 Å². The third-order valence-corrected chi connectivity index (χ3v) is 2.60. The number of nitrogens with zero attached hydrogens (tertiary/aromatic N) is 2. The van der Waals surface area contributed by atoms with Gasteiger partial charge in [-0.3, -0.25) is 9.78 Å². The second-order valence-electron chi connectivity index (χ2n) is 4.08. The molecule has 2 aromatic rings. The van der Waals surface area contributed by atoms with Crippen molar-refractivity contribution in [3.63, 3.8) is 0 Å². The van der Waals surface area contributed by atoms with E-state index in [1.165, 1.54) is 19.2 Å². The quantitative estimate of drug-likeness (QED) is 0.930. The lowest BCUT2D eigenvalue weighted by molar-refractivity contribution is -0.119. The van der Waals surface area contributed by atoms with Crippen LogP contribution in [-0.4, -0.2) is 15.9 Å². The van der Waals surface area contributed by atoms with Crippen molar-refractivity contribution in [3.05, 3.63) is 47.9 Å². The summed E-state index contributed by atoms with van der Waals surface area (Å²) in [5.41, 5.74) is 5.03. The van der Waals surface area contributed by atoms with Crippen molar-refractivity contribution >= 4 is 5.91 Å². The Morgan fingerprint density at radius 3 is 2.60 bits per heavy atom. The smallest absolute Gasteiger partial charge is 0.226 e. The van der Waals surface area contributed by atoms with E-state index >= 15 is 0 Å². The number of aromatic nitrogens is 2. The largest absolute Gasteiger partial charge is 0.437 e. The minimum atomic E-state index is -0.840. The summed E-state index contributed by atoms with van der Waals surface area (Å²) in [6, 6.07) is 3.52. The number of hydrogen-bond donors (Lipinski definition) is 1. The Balaban J connectivity index is 2.21. The van der Waals surface area contributed by atoms with Crippen molar-refractivity contribution < 1.29 is 18.3 Å². The molecule has 0 aliphatic carbocycles. The van der Waals surface area contributed by atoms with Gasteiger partial charge in [0.05, 0.1) is 24.0 Å². The first-order valence-electron chi connectivity index (χ1n) is 5.71. The van der Waals surface area contributed by atoms with Gasteiger partial charge in [-0.2, -0.15) is 0 Å². The number of halogens is 2. The van der Waals surface area contributed by atoms with Crippen LogP contribution in [0.3, 0.4) is 0 Å². The zero-order chi connectivity index (χ0) is 14.7. The molecule has 1 unspecified atom stereocenters. The molecule has 0 bridgehead atoms. The van der Waals surface area contributed by atoms with Gasteiger partial charge in [0.1, 0.15) is 11.6 Å². The van der Waals surface area contributed by atoms with E-state index < -0.39 is 23.5 Å². The molecule has 0 aliphatic heterocycles. The number of ether oxygens (including phenoxy) is 1. The molecule has 0 saturated heterocycles. The third-order valence-electron chi connectivity index (χ3n) is 2.60. The predicted octanol–water partition coefficient (Wildman–Crippen LogP) is 2.14. The van der Waals surface area contributed by atoms with Crippen LogP contribution in [0.15, 0.2) is 30.6 Å². The SMILES string of the molecule is CC(C(N)=O)c1ncc(Oc2ccc(F)cn2)cc1F. The number of pyridine rings is 2. The highest BCUT2D eigenvalue weighted by Crippen LogP contribution is 2.23. The standard InChI is InChI=1S/C13H11F2N3O2/c1-7(13(16)19)12-10(15)4-9(6-18-12)20-11-3-2-8(14)5-17-11/h2-7H,1H3,(H2,16,19). The van der Waals surface area contributed by atoms with Crippen molar-refractivity contribution in [3.8, 4) is 11.6 Å². The van der Waals surface area contributed by atoms with E-state index in [0.717, 1.165) is 18.3 Å². The molecule has 2 heterocycles. The van der Waals surface area contributed by atoms with Crippen LogP contribution >= 0.6 is 0 Å². The van der Waals surface area contributed by atoms with Gasteiger partial charge in [0.15, 0.2) is 5.75 Å². The van der Waals surface area contributed by atoms with Gasteiger partial charge < -0.3 is 10.5 Å². The first kappa shape index (κ1) is 13.9. The zero-order valence-electron chi connectivity index (χ0n) is 10.5. The van der Waals surface area contributed by atoms with Crippen molar-refractivity contribution in [1.82, 2.24) is 9.97 Å². The normalized spacial score (nSPS) is 11.9. The van der Waals surface area contributed by atoms with Gasteiger partial charge >= 0.3 is 0 Å². The van der Waals surface area contributed by atoms with E-state index in [1.54, 1.807) is 0 Å². The Morgan fingerprint density at radius 1 is 1.30 bits per heavy atom. The molecule has 0 spiro atoms. The average molecular weight is 279 g/mol. The monoisotopic (exact) mass is 279 g/mol. The number of primary amides is 1. The molecule has 0 aliphatic rings. The van der Waals surface area contributed by atoms with E-state index in [-0.39, 0.29) is 17.3 Å². The van der Waals surface area contributed by atoms with Gasteiger partial charge in [0.2, 0.25) is 11.8 Å². The van der Waals surface area contributed by atoms with Crippen molar-refractivity contribution in [2.24, 2.45) is 5.73 Å². The lowest BCUT2D eigenvalue weighted by Crippen LogP contribution is -2.20. The summed E-state index contributed by atoms with van der Waals surface area (Å²) in [4.78, 5) is 18.5. The van der Waals surface area contributed by atoms with E-state index in [0.29, 0.717) is 0 Å². The van der Waals surface area contributed by atoms with Crippen LogP contribution in [0.2, 0.25) is 0 Å². The molecule has 2 N–H and O–H groups in total. The molecular weight excluding hydrogens is 268 g/mol. The second-order valence-corrected chi connectivity index (χ2v) is 4.08. The molecule has 1 amide bonds. The molecular formula is C13H11F2N3O2. The first-order valence-corrected chi connectivity index (χ1v) is 5.71. The molecule has 0 fully saturated rings. The highest BCUT2D eigenvalue weighted by atomic mass is 19.1. The van der Waals surface area contributed by atoms with Gasteiger partial charge in [0.25, 0.3) is 0 Å². The lowest BCUT2D eigenvalue weighted by Gasteiger charge is -2.09. The topological polar surface area (TPSA) is 78.1 Å². The van der Waals surface area contributed by atoms with Crippen LogP contribution < -0.4 is 10.5 Å². The molecule has 0 radical (unpaired) electrons. The fraction of sp³-hybridized carbons (Fsp3) is 0.154. The number of hydrogen-bond acceptors (Lipinski definition) is 4. The predicted molar refractivity (Wildman–Crippen MR) is 66.1 cm³/mol. The third kappa shape index (κ3) is 3.05. The summed E-state index contributed by atoms with van der Waals surface area (Å²) in [5, 5.41) is 0. The fourth-order valence-corrected chi connectivity index (χ4v) is 1.48. The minimum Gasteiger partial charge on any atom is -0.437 e. The van der Waals surface area contributed by atoms with Gasteiger partial charge in [-0.1, -0.05) is 0 Å². The maximum absolute atomic E-state index is 13.8. The van der Waals surface area contributed by atoms with E-state index in [1.807, 2.05) is 0 Å². The summed E-state index contributed by atoms with van der Waals surface area (Å²) in [7, 11) is 0. The van der Waals surface area contributed by atoms with E-state index in [9.17, 15) is 13.6 Å². The zero-order valence-corrected chi connectivity index (χ0v) is 10.5. The Hall–Kier alpha value is -2.57. The second kappa shape index (κ2) is 5.60. The Labute approximate surface area is 113 Å². The molecule has 20 heavy (non-hydrogen) atoms. The van der Waals surface area contributed by atoms with Crippen LogP contribution in [0.1, 0.15) is 18.5 Å². The summed E-state index contributed by atoms with van der Waals surface area (Å²) >= 11 is 0. The molecule has 104 valence electrons. The average Bonchev–Trinajstić information content (AvgIpc) is 2.41. The van der Waals surface area contributed by atoms with Gasteiger partial charge in [0, 0.05) is 12.1 Å². The Morgan fingerprint density at radius 2 is 2.05 bits per heavy atom. The highest BCUT2D eigenvalue weighted by Gasteiger charge is 2.18. The summed E-state index contributed by atoms with van der Waals surface area (Å²) in [6.45, 7) is 1.45. The molecule has 0 saturated carbocycles. The van der Waals surface area contributed by atoms with Crippen LogP contribution in [-0.2, 0) is 4.79 Å². The number of rotatable bonds is 4. The minimum absolute atomic E-state index is 0.0584. The number of nitrogens with two attached hydrogens (primary N) is 1. The number of amides is 1. The van der Waals surface area contributed by atoms with Crippen LogP contribution in [0.25, 0.3) is 0 Å². The van der Waals surface area contributed by atoms with Crippen molar-refractivity contribution in [2.45, 2.75) is 12.8 Å². The van der Waals surface area contributed by atoms with E-state index in [2.05, 4.69) is 9.97 Å². The maximum Gasteiger partial charge on any atom is 0.226 e. The van der Waals surface area contributed by atoms with Crippen molar-refractivity contribution in [1.29, 1.82) is 0 Å². The molecule has 5 nitrogen and oxygen atoms in total. The molecule has 1 atom stereocenters. The summed E-state index contributed by atoms with van der Waals surface area (Å²) < 4.78 is 31.7. The summed E-state index contributed by atoms with van der Waals surface area (Å²) in [6.07, 6.45) is 2.21. The van der Waals surface area contributed by atoms with Gasteiger partial charge in [-0.15, -0.1) is 0 Å². The Bertz CT molecular complexity index is 632. The van der Waals surface area contributed by atoms with Crippen LogP contribution in [0.5, 0.6) is 11.6 Å². The molecule has 0 aromatic carbocycles.